The van der Waals surface area contributed by atoms with Crippen molar-refractivity contribution in [3.05, 3.63) is 102 Å². The van der Waals surface area contributed by atoms with Gasteiger partial charge in [-0.1, -0.05) is 48.0 Å². The second-order valence-corrected chi connectivity index (χ2v) is 17.0. The van der Waals surface area contributed by atoms with Crippen LogP contribution in [0.1, 0.15) is 48.8 Å². The summed E-state index contributed by atoms with van der Waals surface area (Å²) in [5.74, 6) is -11.6. The fourth-order valence-corrected chi connectivity index (χ4v) is 7.81. The highest BCUT2D eigenvalue weighted by atomic mass is 32.2. The summed E-state index contributed by atoms with van der Waals surface area (Å²) in [6, 6.07) is 8.90. The number of fused-ring (bicyclic) bond motifs is 1. The van der Waals surface area contributed by atoms with E-state index in [1.807, 2.05) is 4.72 Å². The minimum absolute atomic E-state index is 0.190. The Kier molecular flexibility index (Phi) is 18.6. The number of H-pyrrole nitrogens is 1. The Labute approximate surface area is 381 Å². The molecule has 22 nitrogen and oxygen atoms in total. The molecule has 4 rings (SSSR count). The van der Waals surface area contributed by atoms with Crippen LogP contribution in [-0.4, -0.2) is 119 Å². The van der Waals surface area contributed by atoms with E-state index in [1.54, 1.807) is 37.4 Å². The molecule has 0 saturated heterocycles. The van der Waals surface area contributed by atoms with Gasteiger partial charge in [0, 0.05) is 42.8 Å². The van der Waals surface area contributed by atoms with Crippen LogP contribution in [0.15, 0.2) is 83.9 Å². The van der Waals surface area contributed by atoms with Crippen molar-refractivity contribution in [2.75, 3.05) is 6.54 Å². The van der Waals surface area contributed by atoms with Crippen molar-refractivity contribution in [3.8, 4) is 0 Å². The zero-order valence-electron chi connectivity index (χ0n) is 35.7. The molecule has 0 aliphatic rings. The Morgan fingerprint density at radius 1 is 0.672 bits per heavy atom. The second kappa shape index (κ2) is 24.0. The summed E-state index contributed by atoms with van der Waals surface area (Å²) in [5, 5.41) is 40.2. The first-order valence-corrected chi connectivity index (χ1v) is 21.9. The van der Waals surface area contributed by atoms with E-state index in [-0.39, 0.29) is 23.3 Å². The quantitative estimate of drug-likeness (QED) is 0.0378. The van der Waals surface area contributed by atoms with E-state index in [4.69, 9.17) is 10.8 Å². The highest BCUT2D eigenvalue weighted by molar-refractivity contribution is 7.89. The first-order chi connectivity index (χ1) is 31.6. The Bertz CT molecular complexity index is 2610. The summed E-state index contributed by atoms with van der Waals surface area (Å²) in [4.78, 5) is 117. The third-order valence-corrected chi connectivity index (χ3v) is 11.5. The summed E-state index contributed by atoms with van der Waals surface area (Å²) in [7, 11) is -4.50. The number of benzene rings is 3. The molecule has 0 spiro atoms. The molecular formula is C43H49FN8O14S. The molecule has 5 unspecified atom stereocenters. The summed E-state index contributed by atoms with van der Waals surface area (Å²) in [6.45, 7) is 0.748. The van der Waals surface area contributed by atoms with Gasteiger partial charge in [-0.15, -0.1) is 0 Å². The van der Waals surface area contributed by atoms with E-state index in [2.05, 4.69) is 31.6 Å². The Hall–Kier alpha value is -7.73. The first kappa shape index (κ1) is 51.9. The van der Waals surface area contributed by atoms with Gasteiger partial charge in [-0.2, -0.15) is 4.72 Å². The minimum atomic E-state index is -4.50. The van der Waals surface area contributed by atoms with Crippen LogP contribution in [0.4, 0.5) is 4.39 Å². The number of amides is 6. The van der Waals surface area contributed by atoms with Crippen LogP contribution in [0, 0.1) is 12.7 Å². The second-order valence-electron chi connectivity index (χ2n) is 15.3. The molecule has 4 aromatic rings. The van der Waals surface area contributed by atoms with Crippen LogP contribution in [0.2, 0.25) is 0 Å². The van der Waals surface area contributed by atoms with Crippen molar-refractivity contribution in [2.45, 2.75) is 87.0 Å². The normalized spacial score (nSPS) is 13.5. The number of primary amides is 1. The van der Waals surface area contributed by atoms with Crippen molar-refractivity contribution < 1.29 is 71.3 Å². The molecule has 0 saturated carbocycles. The number of carbonyl (C=O) groups is 9. The predicted molar refractivity (Wildman–Crippen MR) is 233 cm³/mol. The number of nitrogens with one attached hydrogen (secondary N) is 7. The average Bonchev–Trinajstić information content (AvgIpc) is 3.66. The zero-order valence-corrected chi connectivity index (χ0v) is 36.6. The predicted octanol–water partition coefficient (Wildman–Crippen LogP) is -0.507. The number of aliphatic carboxylic acids is 3. The van der Waals surface area contributed by atoms with Crippen molar-refractivity contribution >= 4 is 74.3 Å². The first-order valence-electron chi connectivity index (χ1n) is 20.4. The standard InChI is InChI=1S/C43H49FN8O14S/c1-23-9-11-27(12-10-23)67(65,66)52-34(20-38(58)59)43(64)50-31(14-16-37(56)57)40(61)47-22-35(53)48-32(18-24-5-4-6-26(44)17-24)41(62)51-33(19-25-21-46-29-8-3-2-7-28(25)29)42(63)49-30(39(45)60)13-15-36(54)55/h2-12,17,21,30-34,46,52H,13-16,18-20,22H2,1H3,(H2,45,60)(H,47,61)(H,48,53)(H,49,63)(H,50,64)(H,51,62)(H,54,55)(H,56,57)(H,58,59). The number of carboxylic acids is 3. The molecule has 5 atom stereocenters. The molecular weight excluding hydrogens is 904 g/mol. The summed E-state index contributed by atoms with van der Waals surface area (Å²) >= 11 is 0. The lowest BCUT2D eigenvalue weighted by atomic mass is 10.0. The number of hydrogen-bond donors (Lipinski definition) is 11. The number of aromatic amines is 1. The molecule has 67 heavy (non-hydrogen) atoms. The fraction of sp³-hybridized carbons (Fsp3) is 0.326. The Morgan fingerprint density at radius 3 is 1.87 bits per heavy atom. The Morgan fingerprint density at radius 2 is 1.25 bits per heavy atom. The molecule has 358 valence electrons. The number of aryl methyl sites for hydroxylation is 1. The van der Waals surface area contributed by atoms with E-state index < -0.39 is 138 Å². The number of rotatable bonds is 26. The molecule has 0 fully saturated rings. The number of sulfonamides is 1. The van der Waals surface area contributed by atoms with E-state index in [9.17, 15) is 66.2 Å². The van der Waals surface area contributed by atoms with Gasteiger partial charge in [-0.25, -0.2) is 12.8 Å². The SMILES string of the molecule is Cc1ccc(S(=O)(=O)NC(CC(=O)O)C(=O)NC(CCC(=O)O)C(=O)NCC(=O)NC(Cc2cccc(F)c2)C(=O)NC(Cc2c[nH]c3ccccc23)C(=O)NC(CCC(=O)O)C(N)=O)cc1. The topological polar surface area (TPSA) is 362 Å². The van der Waals surface area contributed by atoms with Crippen molar-refractivity contribution in [2.24, 2.45) is 5.73 Å². The minimum Gasteiger partial charge on any atom is -0.481 e. The Balaban J connectivity index is 1.55. The van der Waals surface area contributed by atoms with Crippen molar-refractivity contribution in [1.82, 2.24) is 36.3 Å². The van der Waals surface area contributed by atoms with E-state index in [0.29, 0.717) is 22.0 Å². The molecule has 6 amide bonds. The van der Waals surface area contributed by atoms with Crippen LogP contribution in [-0.2, 0) is 66.0 Å². The van der Waals surface area contributed by atoms with Gasteiger partial charge in [0.1, 0.15) is 36.0 Å². The zero-order chi connectivity index (χ0) is 49.4. The molecule has 1 heterocycles. The lowest BCUT2D eigenvalue weighted by Crippen LogP contribution is -2.58. The maximum absolute atomic E-state index is 14.3. The summed E-state index contributed by atoms with van der Waals surface area (Å²) in [6.07, 6.45) is -2.40. The van der Waals surface area contributed by atoms with Gasteiger partial charge in [0.15, 0.2) is 0 Å². The van der Waals surface area contributed by atoms with Gasteiger partial charge in [-0.05, 0) is 61.2 Å². The van der Waals surface area contributed by atoms with E-state index >= 15 is 0 Å². The van der Waals surface area contributed by atoms with Gasteiger partial charge in [0.05, 0.1) is 17.9 Å². The van der Waals surface area contributed by atoms with Crippen molar-refractivity contribution in [3.63, 3.8) is 0 Å². The van der Waals surface area contributed by atoms with Gasteiger partial charge in [0.2, 0.25) is 45.5 Å². The van der Waals surface area contributed by atoms with Gasteiger partial charge >= 0.3 is 17.9 Å². The molecule has 0 bridgehead atoms. The largest absolute Gasteiger partial charge is 0.481 e. The van der Waals surface area contributed by atoms with Gasteiger partial charge in [-0.3, -0.25) is 43.2 Å². The molecule has 1 aromatic heterocycles. The van der Waals surface area contributed by atoms with Crippen LogP contribution in [0.3, 0.4) is 0 Å². The number of aromatic nitrogens is 1. The lowest BCUT2D eigenvalue weighted by Gasteiger charge is -2.25. The molecule has 3 aromatic carbocycles. The fourth-order valence-electron chi connectivity index (χ4n) is 6.62. The third kappa shape index (κ3) is 16.3. The summed E-state index contributed by atoms with van der Waals surface area (Å²) in [5.41, 5.74) is 7.52. The van der Waals surface area contributed by atoms with Crippen molar-refractivity contribution in [1.29, 1.82) is 0 Å². The van der Waals surface area contributed by atoms with Crippen LogP contribution < -0.4 is 37.0 Å². The number of hydrogen-bond acceptors (Lipinski definition) is 11. The van der Waals surface area contributed by atoms with E-state index in [1.165, 1.54) is 36.4 Å². The maximum atomic E-state index is 14.3. The smallest absolute Gasteiger partial charge is 0.305 e. The summed E-state index contributed by atoms with van der Waals surface area (Å²) < 4.78 is 42.4. The molecule has 24 heteroatoms. The van der Waals surface area contributed by atoms with Crippen LogP contribution >= 0.6 is 0 Å². The molecule has 0 radical (unpaired) electrons. The highest BCUT2D eigenvalue weighted by Crippen LogP contribution is 2.20. The number of carboxylic acid groups (broad SMARTS) is 3. The number of halogens is 1. The number of carbonyl (C=O) groups excluding carboxylic acids is 6. The average molecular weight is 953 g/mol. The van der Waals surface area contributed by atoms with Gasteiger partial charge < -0.3 is 52.6 Å². The van der Waals surface area contributed by atoms with Crippen LogP contribution in [0.5, 0.6) is 0 Å². The monoisotopic (exact) mass is 952 g/mol. The van der Waals surface area contributed by atoms with E-state index in [0.717, 1.165) is 12.1 Å². The number of para-hydroxylation sites is 1. The van der Waals surface area contributed by atoms with Gasteiger partial charge in [0.25, 0.3) is 0 Å². The molecule has 12 N–H and O–H groups in total. The highest BCUT2D eigenvalue weighted by Gasteiger charge is 2.33. The molecule has 0 aliphatic carbocycles. The maximum Gasteiger partial charge on any atom is 0.305 e. The molecule has 0 aliphatic heterocycles. The lowest BCUT2D eigenvalue weighted by molar-refractivity contribution is -0.140. The third-order valence-electron chi connectivity index (χ3n) is 10.0. The van der Waals surface area contributed by atoms with Crippen LogP contribution in [0.25, 0.3) is 10.9 Å². The number of nitrogens with two attached hydrogens (primary N) is 1.